The minimum absolute atomic E-state index is 0.300. The van der Waals surface area contributed by atoms with E-state index >= 15 is 0 Å². The predicted octanol–water partition coefficient (Wildman–Crippen LogP) is 4.82. The molecule has 0 saturated heterocycles. The monoisotopic (exact) mass is 382 g/mol. The molecular weight excluding hydrogens is 367 g/mol. The second-order valence-electron chi connectivity index (χ2n) is 5.67. The van der Waals surface area contributed by atoms with Gasteiger partial charge in [0, 0.05) is 5.02 Å². The molecule has 0 aliphatic carbocycles. The molecule has 0 unspecified atom stereocenters. The Bertz CT molecular complexity index is 958. The van der Waals surface area contributed by atoms with Gasteiger partial charge in [-0.2, -0.15) is 5.10 Å². The zero-order chi connectivity index (χ0) is 19.1. The predicted molar refractivity (Wildman–Crippen MR) is 104 cm³/mol. The highest BCUT2D eigenvalue weighted by molar-refractivity contribution is 6.30. The van der Waals surface area contributed by atoms with E-state index in [9.17, 15) is 9.18 Å². The minimum atomic E-state index is -0.422. The van der Waals surface area contributed by atoms with E-state index in [1.54, 1.807) is 48.5 Å². The van der Waals surface area contributed by atoms with Gasteiger partial charge in [-0.3, -0.25) is 4.79 Å². The summed E-state index contributed by atoms with van der Waals surface area (Å²) in [6.45, 7) is 0.300. The number of amides is 1. The van der Waals surface area contributed by atoms with Crippen LogP contribution in [0.2, 0.25) is 5.02 Å². The molecule has 0 aromatic heterocycles. The number of hydrogen-bond acceptors (Lipinski definition) is 3. The van der Waals surface area contributed by atoms with Gasteiger partial charge in [-0.25, -0.2) is 9.82 Å². The lowest BCUT2D eigenvalue weighted by molar-refractivity contribution is 0.0950. The Morgan fingerprint density at radius 3 is 2.63 bits per heavy atom. The number of carbonyl (C=O) groups is 1. The summed E-state index contributed by atoms with van der Waals surface area (Å²) >= 11 is 5.87. The van der Waals surface area contributed by atoms with Gasteiger partial charge in [0.2, 0.25) is 0 Å². The molecule has 0 aliphatic rings. The minimum Gasteiger partial charge on any atom is -0.488 e. The van der Waals surface area contributed by atoms with Crippen LogP contribution < -0.4 is 10.2 Å². The van der Waals surface area contributed by atoms with E-state index < -0.39 is 5.91 Å². The molecule has 0 aliphatic heterocycles. The number of ether oxygens (including phenoxy) is 1. The van der Waals surface area contributed by atoms with Gasteiger partial charge in [-0.05, 0) is 47.5 Å². The largest absolute Gasteiger partial charge is 0.488 e. The van der Waals surface area contributed by atoms with Crippen LogP contribution in [0.1, 0.15) is 21.5 Å². The number of carbonyl (C=O) groups excluding carboxylic acids is 1. The van der Waals surface area contributed by atoms with Crippen molar-refractivity contribution in [3.63, 3.8) is 0 Å². The highest BCUT2D eigenvalue weighted by Crippen LogP contribution is 2.20. The molecule has 0 bridgehead atoms. The summed E-state index contributed by atoms with van der Waals surface area (Å²) in [4.78, 5) is 12.4. The van der Waals surface area contributed by atoms with E-state index in [2.05, 4.69) is 10.5 Å². The summed E-state index contributed by atoms with van der Waals surface area (Å²) in [6.07, 6.45) is 1.37. The summed E-state index contributed by atoms with van der Waals surface area (Å²) < 4.78 is 18.9. The SMILES string of the molecule is O=C(N/N=C\c1cccc(F)c1)c1ccccc1OCc1ccc(Cl)cc1. The van der Waals surface area contributed by atoms with E-state index in [1.807, 2.05) is 12.1 Å². The van der Waals surface area contributed by atoms with E-state index in [0.717, 1.165) is 5.56 Å². The Morgan fingerprint density at radius 2 is 1.85 bits per heavy atom. The van der Waals surface area contributed by atoms with Gasteiger partial charge in [0.25, 0.3) is 5.91 Å². The van der Waals surface area contributed by atoms with Crippen molar-refractivity contribution < 1.29 is 13.9 Å². The fourth-order valence-electron chi connectivity index (χ4n) is 2.33. The summed E-state index contributed by atoms with van der Waals surface area (Å²) in [6, 6.07) is 20.0. The molecule has 0 radical (unpaired) electrons. The highest BCUT2D eigenvalue weighted by Gasteiger charge is 2.11. The van der Waals surface area contributed by atoms with Crippen LogP contribution in [-0.4, -0.2) is 12.1 Å². The van der Waals surface area contributed by atoms with Crippen LogP contribution in [0.5, 0.6) is 5.75 Å². The Labute approximate surface area is 161 Å². The normalized spacial score (nSPS) is 10.7. The first-order valence-electron chi connectivity index (χ1n) is 8.17. The fraction of sp³-hybridized carbons (Fsp3) is 0.0476. The van der Waals surface area contributed by atoms with Gasteiger partial charge in [0.1, 0.15) is 18.2 Å². The standard InChI is InChI=1S/C21H16ClFN2O2/c22-17-10-8-15(9-11-17)14-27-20-7-2-1-6-19(20)21(26)25-24-13-16-4-3-5-18(23)12-16/h1-13H,14H2,(H,25,26)/b24-13-. The van der Waals surface area contributed by atoms with Crippen molar-refractivity contribution in [2.75, 3.05) is 0 Å². The molecule has 27 heavy (non-hydrogen) atoms. The Hall–Kier alpha value is -3.18. The third-order valence-electron chi connectivity index (χ3n) is 3.67. The maximum atomic E-state index is 13.1. The third kappa shape index (κ3) is 5.39. The van der Waals surface area contributed by atoms with Crippen LogP contribution in [-0.2, 0) is 6.61 Å². The molecule has 0 saturated carbocycles. The van der Waals surface area contributed by atoms with Crippen LogP contribution in [0, 0.1) is 5.82 Å². The topological polar surface area (TPSA) is 50.7 Å². The van der Waals surface area contributed by atoms with Gasteiger partial charge in [0.05, 0.1) is 11.8 Å². The third-order valence-corrected chi connectivity index (χ3v) is 3.92. The van der Waals surface area contributed by atoms with E-state index in [1.165, 1.54) is 18.3 Å². The number of hydrogen-bond donors (Lipinski definition) is 1. The Balaban J connectivity index is 1.65. The number of benzene rings is 3. The second kappa shape index (κ2) is 8.96. The van der Waals surface area contributed by atoms with E-state index in [4.69, 9.17) is 16.3 Å². The molecule has 4 nitrogen and oxygen atoms in total. The molecule has 136 valence electrons. The first-order chi connectivity index (χ1) is 13.1. The summed E-state index contributed by atoms with van der Waals surface area (Å²) in [5.74, 6) is -0.355. The number of para-hydroxylation sites is 1. The molecule has 1 N–H and O–H groups in total. The van der Waals surface area contributed by atoms with Gasteiger partial charge < -0.3 is 4.74 Å². The average Bonchev–Trinajstić information content (AvgIpc) is 2.68. The molecule has 3 aromatic carbocycles. The van der Waals surface area contributed by atoms with Gasteiger partial charge in [-0.15, -0.1) is 0 Å². The van der Waals surface area contributed by atoms with Crippen LogP contribution >= 0.6 is 11.6 Å². The highest BCUT2D eigenvalue weighted by atomic mass is 35.5. The maximum absolute atomic E-state index is 13.1. The van der Waals surface area contributed by atoms with Crippen molar-refractivity contribution in [2.45, 2.75) is 6.61 Å². The maximum Gasteiger partial charge on any atom is 0.275 e. The number of nitrogens with one attached hydrogen (secondary N) is 1. The lowest BCUT2D eigenvalue weighted by Gasteiger charge is -2.10. The molecular formula is C21H16ClFN2O2. The number of hydrazone groups is 1. The quantitative estimate of drug-likeness (QED) is 0.490. The average molecular weight is 383 g/mol. The van der Waals surface area contributed by atoms with Gasteiger partial charge in [-0.1, -0.05) is 48.0 Å². The van der Waals surface area contributed by atoms with Crippen molar-refractivity contribution in [1.29, 1.82) is 0 Å². The molecule has 0 atom stereocenters. The van der Waals surface area contributed by atoms with E-state index in [-0.39, 0.29) is 5.82 Å². The smallest absolute Gasteiger partial charge is 0.275 e. The number of halogens is 2. The number of nitrogens with zero attached hydrogens (tertiary/aromatic N) is 1. The van der Waals surface area contributed by atoms with Crippen LogP contribution in [0.4, 0.5) is 4.39 Å². The first-order valence-corrected chi connectivity index (χ1v) is 8.55. The lowest BCUT2D eigenvalue weighted by Crippen LogP contribution is -2.18. The molecule has 1 amide bonds. The second-order valence-corrected chi connectivity index (χ2v) is 6.10. The van der Waals surface area contributed by atoms with Crippen LogP contribution in [0.3, 0.4) is 0 Å². The van der Waals surface area contributed by atoms with Crippen molar-refractivity contribution in [3.05, 3.63) is 100 Å². The fourth-order valence-corrected chi connectivity index (χ4v) is 2.46. The Kier molecular flexibility index (Phi) is 6.18. The molecule has 6 heteroatoms. The van der Waals surface area contributed by atoms with Crippen LogP contribution in [0.25, 0.3) is 0 Å². The lowest BCUT2D eigenvalue weighted by atomic mass is 10.2. The van der Waals surface area contributed by atoms with E-state index in [0.29, 0.717) is 28.5 Å². The van der Waals surface area contributed by atoms with Gasteiger partial charge in [0.15, 0.2) is 0 Å². The molecule has 0 heterocycles. The van der Waals surface area contributed by atoms with Crippen molar-refractivity contribution >= 4 is 23.7 Å². The van der Waals surface area contributed by atoms with Gasteiger partial charge >= 0.3 is 0 Å². The summed E-state index contributed by atoms with van der Waals surface area (Å²) in [7, 11) is 0. The summed E-state index contributed by atoms with van der Waals surface area (Å²) in [5, 5.41) is 4.51. The zero-order valence-electron chi connectivity index (χ0n) is 14.2. The number of rotatable bonds is 6. The molecule has 3 aromatic rings. The van der Waals surface area contributed by atoms with Crippen LogP contribution in [0.15, 0.2) is 77.9 Å². The van der Waals surface area contributed by atoms with Crippen molar-refractivity contribution in [1.82, 2.24) is 5.43 Å². The first kappa shape index (κ1) is 18.6. The molecule has 0 fully saturated rings. The zero-order valence-corrected chi connectivity index (χ0v) is 15.0. The van der Waals surface area contributed by atoms with Crippen molar-refractivity contribution in [2.24, 2.45) is 5.10 Å². The molecule has 0 spiro atoms. The summed E-state index contributed by atoms with van der Waals surface area (Å²) in [5.41, 5.74) is 4.25. The van der Waals surface area contributed by atoms with Crippen molar-refractivity contribution in [3.8, 4) is 5.75 Å². The Morgan fingerprint density at radius 1 is 1.07 bits per heavy atom. The molecule has 3 rings (SSSR count).